The molecule has 1 N–H and O–H groups in total. The molecule has 3 aromatic carbocycles. The van der Waals surface area contributed by atoms with E-state index in [1.54, 1.807) is 48.5 Å². The highest BCUT2D eigenvalue weighted by molar-refractivity contribution is 9.10. The average Bonchev–Trinajstić information content (AvgIpc) is 2.79. The van der Waals surface area contributed by atoms with Crippen molar-refractivity contribution in [1.82, 2.24) is 4.31 Å². The zero-order chi connectivity index (χ0) is 24.9. The lowest BCUT2D eigenvalue weighted by Crippen LogP contribution is -2.37. The van der Waals surface area contributed by atoms with Crippen molar-refractivity contribution in [2.45, 2.75) is 45.1 Å². The van der Waals surface area contributed by atoms with Crippen molar-refractivity contribution in [3.05, 3.63) is 92.4 Å². The van der Waals surface area contributed by atoms with Crippen LogP contribution in [0.15, 0.2) is 70.0 Å². The first-order valence-corrected chi connectivity index (χ1v) is 13.7. The summed E-state index contributed by atoms with van der Waals surface area (Å²) in [5, 5.41) is 3.48. The molecule has 0 aliphatic carbocycles. The third kappa shape index (κ3) is 6.48. The van der Waals surface area contributed by atoms with Crippen LogP contribution < -0.4 is 5.32 Å². The average molecular weight is 564 g/mol. The fourth-order valence-electron chi connectivity index (χ4n) is 3.71. The molecule has 5 nitrogen and oxygen atoms in total. The minimum Gasteiger partial charge on any atom is -0.324 e. The molecule has 8 heteroatoms. The molecule has 0 aromatic heterocycles. The Morgan fingerprint density at radius 3 is 2.18 bits per heavy atom. The van der Waals surface area contributed by atoms with Gasteiger partial charge in [-0.25, -0.2) is 8.42 Å². The van der Waals surface area contributed by atoms with Gasteiger partial charge < -0.3 is 5.32 Å². The molecule has 3 aromatic rings. The van der Waals surface area contributed by atoms with Gasteiger partial charge >= 0.3 is 0 Å². The van der Waals surface area contributed by atoms with E-state index >= 15 is 0 Å². The van der Waals surface area contributed by atoms with Crippen LogP contribution >= 0.6 is 27.5 Å². The van der Waals surface area contributed by atoms with Gasteiger partial charge in [-0.15, -0.1) is 0 Å². The van der Waals surface area contributed by atoms with Gasteiger partial charge in [-0.05, 0) is 72.9 Å². The molecule has 0 spiro atoms. The van der Waals surface area contributed by atoms with Crippen LogP contribution in [0.1, 0.15) is 36.1 Å². The monoisotopic (exact) mass is 562 g/mol. The van der Waals surface area contributed by atoms with E-state index in [9.17, 15) is 13.2 Å². The van der Waals surface area contributed by atoms with Crippen molar-refractivity contribution in [3.8, 4) is 0 Å². The van der Waals surface area contributed by atoms with E-state index in [0.29, 0.717) is 10.6 Å². The first-order chi connectivity index (χ1) is 16.1. The molecule has 1 amide bonds. The third-order valence-corrected chi connectivity index (χ3v) is 8.02. The lowest BCUT2D eigenvalue weighted by molar-refractivity contribution is -0.116. The molecule has 34 heavy (non-hydrogen) atoms. The normalized spacial score (nSPS) is 11.6. The first-order valence-electron chi connectivity index (χ1n) is 11.1. The van der Waals surface area contributed by atoms with Gasteiger partial charge in [-0.3, -0.25) is 4.79 Å². The molecule has 0 fully saturated rings. The molecule has 0 radical (unpaired) electrons. The summed E-state index contributed by atoms with van der Waals surface area (Å²) in [4.78, 5) is 13.3. The predicted molar refractivity (Wildman–Crippen MR) is 142 cm³/mol. The molecule has 0 heterocycles. The smallest absolute Gasteiger partial charge is 0.243 e. The number of carbonyl (C=O) groups excluding carboxylic acids is 1. The maximum atomic E-state index is 13.5. The van der Waals surface area contributed by atoms with Crippen molar-refractivity contribution < 1.29 is 13.2 Å². The van der Waals surface area contributed by atoms with Crippen molar-refractivity contribution >= 4 is 49.1 Å². The highest BCUT2D eigenvalue weighted by atomic mass is 79.9. The van der Waals surface area contributed by atoms with Crippen molar-refractivity contribution in [2.24, 2.45) is 0 Å². The maximum Gasteiger partial charge on any atom is 0.243 e. The number of carbonyl (C=O) groups is 1. The van der Waals surface area contributed by atoms with Crippen LogP contribution in [0.2, 0.25) is 5.02 Å². The number of benzene rings is 3. The van der Waals surface area contributed by atoms with E-state index < -0.39 is 15.9 Å². The summed E-state index contributed by atoms with van der Waals surface area (Å²) in [6, 6.07) is 17.5. The minimum absolute atomic E-state index is 0.0196. The highest BCUT2D eigenvalue weighted by Crippen LogP contribution is 2.28. The number of sulfonamides is 1. The Balaban J connectivity index is 1.94. The number of amides is 1. The Bertz CT molecular complexity index is 1250. The second-order valence-corrected chi connectivity index (χ2v) is 11.4. The van der Waals surface area contributed by atoms with Gasteiger partial charge in [0.2, 0.25) is 15.9 Å². The SMILES string of the molecule is CCc1cc(Br)cc(CC)c1NC(=O)CN(Cc1cccc(Cl)c1)S(=O)(=O)c1ccc(C)cc1. The quantitative estimate of drug-likeness (QED) is 0.329. The van der Waals surface area contributed by atoms with E-state index in [1.165, 1.54) is 4.31 Å². The summed E-state index contributed by atoms with van der Waals surface area (Å²) in [6.45, 7) is 5.62. The number of nitrogens with zero attached hydrogens (tertiary/aromatic N) is 1. The van der Waals surface area contributed by atoms with Crippen molar-refractivity contribution in [3.63, 3.8) is 0 Å². The zero-order valence-electron chi connectivity index (χ0n) is 19.4. The molecule has 0 bridgehead atoms. The number of anilines is 1. The van der Waals surface area contributed by atoms with E-state index in [0.717, 1.165) is 39.7 Å². The van der Waals surface area contributed by atoms with Gasteiger partial charge in [-0.1, -0.05) is 71.2 Å². The molecule has 0 atom stereocenters. The van der Waals surface area contributed by atoms with Gasteiger partial charge in [0.05, 0.1) is 11.4 Å². The van der Waals surface area contributed by atoms with Crippen LogP contribution in [-0.2, 0) is 34.2 Å². The van der Waals surface area contributed by atoms with Crippen LogP contribution in [0.5, 0.6) is 0 Å². The summed E-state index contributed by atoms with van der Waals surface area (Å²) >= 11 is 9.64. The molecular weight excluding hydrogens is 536 g/mol. The number of halogens is 2. The summed E-state index contributed by atoms with van der Waals surface area (Å²) in [6.07, 6.45) is 1.46. The summed E-state index contributed by atoms with van der Waals surface area (Å²) < 4.78 is 29.2. The summed E-state index contributed by atoms with van der Waals surface area (Å²) in [5.41, 5.74) is 4.37. The minimum atomic E-state index is -3.93. The number of hydrogen-bond acceptors (Lipinski definition) is 3. The molecule has 0 unspecified atom stereocenters. The van der Waals surface area contributed by atoms with Crippen LogP contribution in [-0.4, -0.2) is 25.2 Å². The summed E-state index contributed by atoms with van der Waals surface area (Å²) in [7, 11) is -3.93. The lowest BCUT2D eigenvalue weighted by Gasteiger charge is -2.23. The van der Waals surface area contributed by atoms with Crippen LogP contribution in [0.4, 0.5) is 5.69 Å². The van der Waals surface area contributed by atoms with Crippen molar-refractivity contribution in [1.29, 1.82) is 0 Å². The summed E-state index contributed by atoms with van der Waals surface area (Å²) in [5.74, 6) is -0.399. The topological polar surface area (TPSA) is 66.5 Å². The van der Waals surface area contributed by atoms with E-state index in [1.807, 2.05) is 32.9 Å². The highest BCUT2D eigenvalue weighted by Gasteiger charge is 2.27. The van der Waals surface area contributed by atoms with Gasteiger partial charge in [-0.2, -0.15) is 4.31 Å². The Morgan fingerprint density at radius 2 is 1.62 bits per heavy atom. The maximum absolute atomic E-state index is 13.5. The van der Waals surface area contributed by atoms with Gasteiger partial charge in [0, 0.05) is 21.7 Å². The molecule has 0 saturated heterocycles. The van der Waals surface area contributed by atoms with E-state index in [2.05, 4.69) is 21.2 Å². The van der Waals surface area contributed by atoms with Crippen LogP contribution in [0.25, 0.3) is 0 Å². The first kappa shape index (κ1) is 26.4. The predicted octanol–water partition coefficient (Wildman–Crippen LogP) is 6.37. The number of nitrogens with one attached hydrogen (secondary N) is 1. The Morgan fingerprint density at radius 1 is 1.00 bits per heavy atom. The zero-order valence-corrected chi connectivity index (χ0v) is 22.6. The molecule has 0 saturated carbocycles. The fraction of sp³-hybridized carbons (Fsp3) is 0.269. The number of aryl methyl sites for hydroxylation is 3. The van der Waals surface area contributed by atoms with Gasteiger partial charge in [0.25, 0.3) is 0 Å². The second-order valence-electron chi connectivity index (χ2n) is 8.07. The molecule has 0 aliphatic rings. The standard InChI is InChI=1S/C26H28BrClN2O3S/c1-4-20-14-22(27)15-21(5-2)26(20)29-25(31)17-30(16-19-7-6-8-23(28)13-19)34(32,33)24-11-9-18(3)10-12-24/h6-15H,4-5,16-17H2,1-3H3,(H,29,31). The van der Waals surface area contributed by atoms with Crippen molar-refractivity contribution in [2.75, 3.05) is 11.9 Å². The largest absolute Gasteiger partial charge is 0.324 e. The Hall–Kier alpha value is -2.19. The van der Waals surface area contributed by atoms with E-state index in [-0.39, 0.29) is 18.0 Å². The molecule has 180 valence electrons. The number of rotatable bonds is 9. The van der Waals surface area contributed by atoms with Crippen LogP contribution in [0.3, 0.4) is 0 Å². The van der Waals surface area contributed by atoms with Gasteiger partial charge in [0.1, 0.15) is 0 Å². The lowest BCUT2D eigenvalue weighted by atomic mass is 10.0. The number of hydrogen-bond donors (Lipinski definition) is 1. The van der Waals surface area contributed by atoms with Crippen LogP contribution in [0, 0.1) is 6.92 Å². The van der Waals surface area contributed by atoms with Gasteiger partial charge in [0.15, 0.2) is 0 Å². The third-order valence-electron chi connectivity index (χ3n) is 5.52. The molecular formula is C26H28BrClN2O3S. The molecule has 0 aliphatic heterocycles. The Labute approximate surface area is 215 Å². The second kappa shape index (κ2) is 11.5. The Kier molecular flexibility index (Phi) is 8.93. The fourth-order valence-corrected chi connectivity index (χ4v) is 5.86. The van der Waals surface area contributed by atoms with E-state index in [4.69, 9.17) is 11.6 Å². The molecule has 3 rings (SSSR count).